The summed E-state index contributed by atoms with van der Waals surface area (Å²) in [5, 5.41) is 19.3. The van der Waals surface area contributed by atoms with Gasteiger partial charge in [0.2, 0.25) is 47.3 Å². The summed E-state index contributed by atoms with van der Waals surface area (Å²) in [5.41, 5.74) is 0. The third-order valence-electron chi connectivity index (χ3n) is 5.57. The molecule has 40 heavy (non-hydrogen) atoms. The Balaban J connectivity index is 4.75. The van der Waals surface area contributed by atoms with E-state index in [9.17, 15) is 38.4 Å². The minimum atomic E-state index is -1.09. The van der Waals surface area contributed by atoms with E-state index >= 15 is 0 Å². The summed E-state index contributed by atoms with van der Waals surface area (Å²) in [7, 11) is 1.42. The molecule has 7 atom stereocenters. The van der Waals surface area contributed by atoms with Gasteiger partial charge in [0.25, 0.3) is 0 Å². The van der Waals surface area contributed by atoms with Crippen LogP contribution in [0.4, 0.5) is 0 Å². The summed E-state index contributed by atoms with van der Waals surface area (Å²) in [6.07, 6.45) is 0. The zero-order chi connectivity index (χ0) is 31.3. The molecule has 0 rings (SSSR count). The third kappa shape index (κ3) is 12.5. The number of amides is 8. The van der Waals surface area contributed by atoms with Gasteiger partial charge in [-0.1, -0.05) is 0 Å². The lowest BCUT2D eigenvalue weighted by atomic mass is 10.2. The molecular weight excluding hydrogens is 528 g/mol. The fourth-order valence-electron chi connectivity index (χ4n) is 3.01. The van der Waals surface area contributed by atoms with Crippen molar-refractivity contribution in [1.29, 1.82) is 0 Å². The van der Waals surface area contributed by atoms with Crippen molar-refractivity contribution in [2.75, 3.05) is 7.05 Å². The quantitative estimate of drug-likeness (QED) is 0.103. The molecule has 226 valence electrons. The highest BCUT2D eigenvalue weighted by Crippen LogP contribution is 1.95. The first kappa shape index (κ1) is 35.8. The van der Waals surface area contributed by atoms with E-state index in [1.807, 2.05) is 0 Å². The standard InChI is InChI=1S/C24H42N8O8/c1-10(18(34)25-9)27-20(36)12(3)29-22(38)14(5)31-24(40)16(7)32-23(39)15(6)30-21(37)13(4)28-19(35)11(2)26-17(8)33/h10-16H,1-9H3,(H,25,34)(H,26,33)(H,27,36)(H,28,35)(H,29,38)(H,30,37)(H,31,40)(H,32,39)/t10-,11-,12-,13-,14-,15-,16-/m0/s1. The molecule has 0 saturated heterocycles. The minimum Gasteiger partial charge on any atom is -0.357 e. The molecule has 8 N–H and O–H groups in total. The van der Waals surface area contributed by atoms with Crippen molar-refractivity contribution < 1.29 is 38.4 Å². The van der Waals surface area contributed by atoms with Crippen LogP contribution in [0, 0.1) is 0 Å². The fourth-order valence-corrected chi connectivity index (χ4v) is 3.01. The largest absolute Gasteiger partial charge is 0.357 e. The second-order valence-electron chi connectivity index (χ2n) is 9.42. The van der Waals surface area contributed by atoms with E-state index in [-0.39, 0.29) is 0 Å². The van der Waals surface area contributed by atoms with Crippen LogP contribution in [0.2, 0.25) is 0 Å². The van der Waals surface area contributed by atoms with Crippen molar-refractivity contribution in [2.45, 2.75) is 97.7 Å². The SMILES string of the molecule is CNC(=O)[C@H](C)NC(=O)[C@H](C)NC(=O)[C@H](C)NC(=O)[C@H](C)NC(=O)[C@H](C)NC(=O)[C@H](C)NC(=O)[C@H](C)NC(C)=O. The van der Waals surface area contributed by atoms with Gasteiger partial charge in [0.05, 0.1) is 0 Å². The Bertz CT molecular complexity index is 988. The maximum Gasteiger partial charge on any atom is 0.242 e. The first-order valence-electron chi connectivity index (χ1n) is 12.7. The highest BCUT2D eigenvalue weighted by Gasteiger charge is 2.27. The minimum absolute atomic E-state index is 0.410. The lowest BCUT2D eigenvalue weighted by molar-refractivity contribution is -0.134. The molecule has 16 nitrogen and oxygen atoms in total. The van der Waals surface area contributed by atoms with Crippen molar-refractivity contribution in [2.24, 2.45) is 0 Å². The zero-order valence-electron chi connectivity index (χ0n) is 24.3. The molecule has 0 fully saturated rings. The maximum atomic E-state index is 12.5. The fraction of sp³-hybridized carbons (Fsp3) is 0.667. The molecule has 0 aliphatic heterocycles. The van der Waals surface area contributed by atoms with Crippen LogP contribution in [0.5, 0.6) is 0 Å². The first-order valence-corrected chi connectivity index (χ1v) is 12.7. The highest BCUT2D eigenvalue weighted by atomic mass is 16.2. The van der Waals surface area contributed by atoms with Crippen LogP contribution in [0.1, 0.15) is 55.4 Å². The maximum absolute atomic E-state index is 12.5. The van der Waals surface area contributed by atoms with Gasteiger partial charge in [-0.25, -0.2) is 0 Å². The summed E-state index contributed by atoms with van der Waals surface area (Å²) in [4.78, 5) is 96.6. The van der Waals surface area contributed by atoms with E-state index < -0.39 is 89.6 Å². The topological polar surface area (TPSA) is 233 Å². The van der Waals surface area contributed by atoms with Gasteiger partial charge >= 0.3 is 0 Å². The van der Waals surface area contributed by atoms with E-state index in [0.717, 1.165) is 0 Å². The van der Waals surface area contributed by atoms with Gasteiger partial charge in [-0.15, -0.1) is 0 Å². The molecule has 0 aliphatic carbocycles. The lowest BCUT2D eigenvalue weighted by Gasteiger charge is -2.23. The summed E-state index contributed by atoms with van der Waals surface area (Å²) in [6, 6.07) is -6.93. The molecule has 0 aliphatic rings. The van der Waals surface area contributed by atoms with Crippen molar-refractivity contribution in [3.63, 3.8) is 0 Å². The average molecular weight is 571 g/mol. The Morgan fingerprint density at radius 3 is 0.700 bits per heavy atom. The van der Waals surface area contributed by atoms with E-state index in [0.29, 0.717) is 0 Å². The summed E-state index contributed by atoms with van der Waals surface area (Å²) >= 11 is 0. The van der Waals surface area contributed by atoms with Crippen LogP contribution in [-0.4, -0.2) is 96.6 Å². The second-order valence-corrected chi connectivity index (χ2v) is 9.42. The van der Waals surface area contributed by atoms with E-state index in [4.69, 9.17) is 0 Å². The van der Waals surface area contributed by atoms with Gasteiger partial charge in [-0.2, -0.15) is 0 Å². The Kier molecular flexibility index (Phi) is 14.9. The van der Waals surface area contributed by atoms with Crippen molar-refractivity contribution in [3.8, 4) is 0 Å². The van der Waals surface area contributed by atoms with Gasteiger partial charge in [-0.05, 0) is 48.5 Å². The summed E-state index contributed by atoms with van der Waals surface area (Å²) < 4.78 is 0. The molecule has 0 spiro atoms. The van der Waals surface area contributed by atoms with Gasteiger partial charge in [-0.3, -0.25) is 38.4 Å². The predicted molar refractivity (Wildman–Crippen MR) is 143 cm³/mol. The van der Waals surface area contributed by atoms with Crippen LogP contribution in [-0.2, 0) is 38.4 Å². The number of hydrogen-bond acceptors (Lipinski definition) is 8. The monoisotopic (exact) mass is 570 g/mol. The summed E-state index contributed by atoms with van der Waals surface area (Å²) in [5.74, 6) is -4.76. The van der Waals surface area contributed by atoms with E-state index in [2.05, 4.69) is 42.5 Å². The van der Waals surface area contributed by atoms with Gasteiger partial charge < -0.3 is 42.5 Å². The second kappa shape index (κ2) is 16.7. The van der Waals surface area contributed by atoms with Crippen LogP contribution in [0.15, 0.2) is 0 Å². The van der Waals surface area contributed by atoms with Gasteiger partial charge in [0.15, 0.2) is 0 Å². The van der Waals surface area contributed by atoms with Crippen LogP contribution in [0.3, 0.4) is 0 Å². The van der Waals surface area contributed by atoms with Crippen molar-refractivity contribution >= 4 is 47.3 Å². The Hall–Kier alpha value is -4.24. The predicted octanol–water partition coefficient (Wildman–Crippen LogP) is -3.71. The number of likely N-dealkylation sites (N-methyl/N-ethyl adjacent to an activating group) is 1. The van der Waals surface area contributed by atoms with Crippen LogP contribution in [0.25, 0.3) is 0 Å². The van der Waals surface area contributed by atoms with E-state index in [1.165, 1.54) is 62.4 Å². The van der Waals surface area contributed by atoms with Crippen molar-refractivity contribution in [1.82, 2.24) is 42.5 Å². The number of carbonyl (C=O) groups is 8. The molecule has 16 heteroatoms. The third-order valence-corrected chi connectivity index (χ3v) is 5.57. The Labute approximate surface area is 233 Å². The van der Waals surface area contributed by atoms with Gasteiger partial charge in [0.1, 0.15) is 42.3 Å². The zero-order valence-corrected chi connectivity index (χ0v) is 24.3. The number of hydrogen-bond donors (Lipinski definition) is 8. The molecule has 0 aromatic carbocycles. The van der Waals surface area contributed by atoms with Gasteiger partial charge in [0, 0.05) is 14.0 Å². The van der Waals surface area contributed by atoms with Crippen LogP contribution < -0.4 is 42.5 Å². The first-order chi connectivity index (χ1) is 18.4. The molecule has 0 radical (unpaired) electrons. The number of carbonyl (C=O) groups excluding carboxylic acids is 8. The molecule has 0 saturated carbocycles. The smallest absolute Gasteiger partial charge is 0.242 e. The van der Waals surface area contributed by atoms with Crippen LogP contribution >= 0.6 is 0 Å². The number of rotatable bonds is 14. The molecule has 0 aromatic rings. The highest BCUT2D eigenvalue weighted by molar-refractivity contribution is 5.96. The van der Waals surface area contributed by atoms with Crippen molar-refractivity contribution in [3.05, 3.63) is 0 Å². The molecular formula is C24H42N8O8. The average Bonchev–Trinajstić information content (AvgIpc) is 2.86. The Morgan fingerprint density at radius 1 is 0.350 bits per heavy atom. The molecule has 0 unspecified atom stereocenters. The normalized spacial score (nSPS) is 15.7. The molecule has 8 amide bonds. The lowest BCUT2D eigenvalue weighted by Crippen LogP contribution is -2.58. The molecule has 0 bridgehead atoms. The molecule has 0 aromatic heterocycles. The molecule has 0 heterocycles. The number of nitrogens with one attached hydrogen (secondary N) is 8. The summed E-state index contributed by atoms with van der Waals surface area (Å²) in [6.45, 7) is 11.1. The Morgan fingerprint density at radius 2 is 0.525 bits per heavy atom. The van der Waals surface area contributed by atoms with E-state index in [1.54, 1.807) is 0 Å².